The molecule has 7 nitrogen and oxygen atoms in total. The Kier molecular flexibility index (Phi) is 6.98. The molecule has 1 fully saturated rings. The summed E-state index contributed by atoms with van der Waals surface area (Å²) in [7, 11) is 2.05. The standard InChI is InChI=1S/C21H27FN4O3/c1-3-29-19(27)9-8-18-15-26(14-16-4-6-17(22)7-5-16)21(28)20(23-18)25-12-10-24(2)11-13-25/h4-7,15H,3,8-14H2,1-2H3. The van der Waals surface area contributed by atoms with E-state index >= 15 is 0 Å². The van der Waals surface area contributed by atoms with E-state index in [1.54, 1.807) is 29.8 Å². The number of rotatable bonds is 7. The molecule has 0 amide bonds. The summed E-state index contributed by atoms with van der Waals surface area (Å²) in [5, 5.41) is 0. The fourth-order valence-electron chi connectivity index (χ4n) is 3.29. The van der Waals surface area contributed by atoms with Crippen molar-refractivity contribution in [3.63, 3.8) is 0 Å². The van der Waals surface area contributed by atoms with Crippen molar-refractivity contribution < 1.29 is 13.9 Å². The van der Waals surface area contributed by atoms with E-state index in [4.69, 9.17) is 4.74 Å². The zero-order valence-electron chi connectivity index (χ0n) is 16.9. The first kappa shape index (κ1) is 21.0. The van der Waals surface area contributed by atoms with Crippen molar-refractivity contribution in [3.8, 4) is 0 Å². The molecule has 0 unspecified atom stereocenters. The maximum atomic E-state index is 13.2. The Hall–Kier alpha value is -2.74. The predicted octanol–water partition coefficient (Wildman–Crippen LogP) is 1.68. The number of anilines is 1. The first-order chi connectivity index (χ1) is 14.0. The highest BCUT2D eigenvalue weighted by Gasteiger charge is 2.20. The van der Waals surface area contributed by atoms with Gasteiger partial charge in [-0.2, -0.15) is 0 Å². The minimum Gasteiger partial charge on any atom is -0.466 e. The number of esters is 1. The molecule has 0 atom stereocenters. The highest BCUT2D eigenvalue weighted by Crippen LogP contribution is 2.13. The predicted molar refractivity (Wildman–Crippen MR) is 109 cm³/mol. The van der Waals surface area contributed by atoms with Crippen molar-refractivity contribution in [1.82, 2.24) is 14.5 Å². The molecule has 1 aliphatic heterocycles. The molecule has 1 aromatic carbocycles. The fourth-order valence-corrected chi connectivity index (χ4v) is 3.29. The van der Waals surface area contributed by atoms with E-state index in [2.05, 4.69) is 9.88 Å². The summed E-state index contributed by atoms with van der Waals surface area (Å²) in [6, 6.07) is 6.08. The summed E-state index contributed by atoms with van der Waals surface area (Å²) >= 11 is 0. The van der Waals surface area contributed by atoms with Gasteiger partial charge in [0.2, 0.25) is 0 Å². The maximum absolute atomic E-state index is 13.2. The second kappa shape index (κ2) is 9.65. The number of hydrogen-bond acceptors (Lipinski definition) is 6. The Morgan fingerprint density at radius 3 is 2.52 bits per heavy atom. The average molecular weight is 402 g/mol. The van der Waals surface area contributed by atoms with Gasteiger partial charge in [0.05, 0.1) is 25.3 Å². The van der Waals surface area contributed by atoms with Gasteiger partial charge in [0.1, 0.15) is 5.82 Å². The van der Waals surface area contributed by atoms with E-state index in [0.717, 1.165) is 31.7 Å². The van der Waals surface area contributed by atoms with Crippen LogP contribution >= 0.6 is 0 Å². The number of aryl methyl sites for hydroxylation is 1. The molecule has 0 saturated carbocycles. The first-order valence-electron chi connectivity index (χ1n) is 9.90. The Morgan fingerprint density at radius 1 is 1.17 bits per heavy atom. The lowest BCUT2D eigenvalue weighted by Gasteiger charge is -2.33. The van der Waals surface area contributed by atoms with Crippen LogP contribution in [0, 0.1) is 5.82 Å². The van der Waals surface area contributed by atoms with Gasteiger partial charge in [0, 0.05) is 38.8 Å². The Morgan fingerprint density at radius 2 is 1.86 bits per heavy atom. The number of nitrogens with zero attached hydrogens (tertiary/aromatic N) is 4. The molecule has 1 aromatic heterocycles. The smallest absolute Gasteiger partial charge is 0.306 e. The van der Waals surface area contributed by atoms with E-state index in [9.17, 15) is 14.0 Å². The molecular weight excluding hydrogens is 375 g/mol. The van der Waals surface area contributed by atoms with E-state index in [1.807, 2.05) is 11.9 Å². The lowest BCUT2D eigenvalue weighted by atomic mass is 10.2. The second-order valence-electron chi connectivity index (χ2n) is 7.21. The van der Waals surface area contributed by atoms with Crippen LogP contribution in [0.3, 0.4) is 0 Å². The monoisotopic (exact) mass is 402 g/mol. The van der Waals surface area contributed by atoms with Crippen LogP contribution in [-0.2, 0) is 22.5 Å². The lowest BCUT2D eigenvalue weighted by molar-refractivity contribution is -0.143. The summed E-state index contributed by atoms with van der Waals surface area (Å²) in [4.78, 5) is 33.6. The molecule has 156 valence electrons. The molecule has 0 spiro atoms. The van der Waals surface area contributed by atoms with Crippen molar-refractivity contribution >= 4 is 11.8 Å². The van der Waals surface area contributed by atoms with Crippen LogP contribution in [0.2, 0.25) is 0 Å². The molecule has 1 saturated heterocycles. The average Bonchev–Trinajstić information content (AvgIpc) is 2.71. The molecule has 29 heavy (non-hydrogen) atoms. The summed E-state index contributed by atoms with van der Waals surface area (Å²) in [6.07, 6.45) is 2.28. The summed E-state index contributed by atoms with van der Waals surface area (Å²) in [5.74, 6) is -0.197. The third kappa shape index (κ3) is 5.63. The zero-order chi connectivity index (χ0) is 20.8. The zero-order valence-corrected chi connectivity index (χ0v) is 16.9. The third-order valence-electron chi connectivity index (χ3n) is 4.97. The number of ether oxygens (including phenoxy) is 1. The van der Waals surface area contributed by atoms with Gasteiger partial charge in [-0.1, -0.05) is 12.1 Å². The number of piperazine rings is 1. The molecule has 1 aliphatic rings. The normalized spacial score (nSPS) is 14.8. The minimum atomic E-state index is -0.316. The molecule has 8 heteroatoms. The fraction of sp³-hybridized carbons (Fsp3) is 0.476. The van der Waals surface area contributed by atoms with Gasteiger partial charge >= 0.3 is 5.97 Å². The van der Waals surface area contributed by atoms with Crippen LogP contribution in [0.1, 0.15) is 24.6 Å². The minimum absolute atomic E-state index is 0.182. The highest BCUT2D eigenvalue weighted by atomic mass is 19.1. The van der Waals surface area contributed by atoms with Crippen LogP contribution in [0.4, 0.5) is 10.2 Å². The van der Waals surface area contributed by atoms with Crippen molar-refractivity contribution in [2.45, 2.75) is 26.3 Å². The number of halogens is 1. The SMILES string of the molecule is CCOC(=O)CCc1cn(Cc2ccc(F)cc2)c(=O)c(N2CCN(C)CC2)n1. The molecule has 2 aromatic rings. The van der Waals surface area contributed by atoms with Crippen LogP contribution in [0.5, 0.6) is 0 Å². The Bertz CT molecular complexity index is 890. The Labute approximate surface area is 169 Å². The maximum Gasteiger partial charge on any atom is 0.306 e. The van der Waals surface area contributed by atoms with Gasteiger partial charge in [-0.25, -0.2) is 9.37 Å². The first-order valence-corrected chi connectivity index (χ1v) is 9.90. The Balaban J connectivity index is 1.89. The van der Waals surface area contributed by atoms with Gasteiger partial charge in [0.15, 0.2) is 5.82 Å². The van der Waals surface area contributed by atoms with Crippen LogP contribution < -0.4 is 10.5 Å². The molecule has 3 rings (SSSR count). The second-order valence-corrected chi connectivity index (χ2v) is 7.21. The van der Waals surface area contributed by atoms with Crippen molar-refractivity contribution in [2.75, 3.05) is 44.7 Å². The summed E-state index contributed by atoms with van der Waals surface area (Å²) in [6.45, 7) is 5.56. The topological polar surface area (TPSA) is 67.7 Å². The molecular formula is C21H27FN4O3. The van der Waals surface area contributed by atoms with Crippen molar-refractivity contribution in [2.24, 2.45) is 0 Å². The number of likely N-dealkylation sites (N-methyl/N-ethyl adjacent to an activating group) is 1. The van der Waals surface area contributed by atoms with Crippen LogP contribution in [0.15, 0.2) is 35.3 Å². The molecule has 0 bridgehead atoms. The van der Waals surface area contributed by atoms with Gasteiger partial charge in [0.25, 0.3) is 5.56 Å². The molecule has 2 heterocycles. The third-order valence-corrected chi connectivity index (χ3v) is 4.97. The summed E-state index contributed by atoms with van der Waals surface area (Å²) < 4.78 is 19.8. The lowest BCUT2D eigenvalue weighted by Crippen LogP contribution is -2.47. The quantitative estimate of drug-likeness (QED) is 0.657. The van der Waals surface area contributed by atoms with Crippen molar-refractivity contribution in [3.05, 3.63) is 57.9 Å². The number of carbonyl (C=O) groups excluding carboxylic acids is 1. The van der Waals surface area contributed by atoms with E-state index in [-0.39, 0.29) is 23.8 Å². The van der Waals surface area contributed by atoms with E-state index < -0.39 is 0 Å². The number of carbonyl (C=O) groups is 1. The van der Waals surface area contributed by atoms with E-state index in [1.165, 1.54) is 12.1 Å². The van der Waals surface area contributed by atoms with Crippen molar-refractivity contribution in [1.29, 1.82) is 0 Å². The largest absolute Gasteiger partial charge is 0.466 e. The van der Waals surface area contributed by atoms with Gasteiger partial charge in [-0.05, 0) is 31.7 Å². The molecule has 0 aliphatic carbocycles. The number of hydrogen-bond donors (Lipinski definition) is 0. The van der Waals surface area contributed by atoms with E-state index in [0.29, 0.717) is 31.1 Å². The molecule has 0 N–H and O–H groups in total. The van der Waals surface area contributed by atoms with Gasteiger partial charge < -0.3 is 19.1 Å². The number of aromatic nitrogens is 2. The van der Waals surface area contributed by atoms with Gasteiger partial charge in [-0.15, -0.1) is 0 Å². The summed E-state index contributed by atoms with van der Waals surface area (Å²) in [5.41, 5.74) is 1.30. The number of benzene rings is 1. The van der Waals surface area contributed by atoms with Gasteiger partial charge in [-0.3, -0.25) is 9.59 Å². The molecule has 0 radical (unpaired) electrons. The van der Waals surface area contributed by atoms with Crippen LogP contribution in [0.25, 0.3) is 0 Å². The van der Waals surface area contributed by atoms with Crippen LogP contribution in [-0.4, -0.2) is 60.3 Å². The highest BCUT2D eigenvalue weighted by molar-refractivity contribution is 5.69.